The van der Waals surface area contributed by atoms with Gasteiger partial charge < -0.3 is 15.7 Å². The number of anilines is 3. The molecule has 24 heavy (non-hydrogen) atoms. The van der Waals surface area contributed by atoms with Crippen molar-refractivity contribution in [2.45, 2.75) is 31.7 Å². The molecule has 5 nitrogen and oxygen atoms in total. The number of nitrogens with one attached hydrogen (secondary N) is 2. The summed E-state index contributed by atoms with van der Waals surface area (Å²) in [6, 6.07) is 5.15. The number of benzene rings is 1. The van der Waals surface area contributed by atoms with Crippen molar-refractivity contribution in [3.05, 3.63) is 34.4 Å². The zero-order valence-electron chi connectivity index (χ0n) is 13.7. The first-order chi connectivity index (χ1) is 11.4. The third-order valence-corrected chi connectivity index (χ3v) is 4.62. The number of rotatable bonds is 7. The van der Waals surface area contributed by atoms with Crippen LogP contribution in [-0.2, 0) is 0 Å². The average molecular weight is 415 g/mol. The van der Waals surface area contributed by atoms with Crippen molar-refractivity contribution in [1.29, 1.82) is 0 Å². The van der Waals surface area contributed by atoms with E-state index >= 15 is 0 Å². The van der Waals surface area contributed by atoms with Crippen molar-refractivity contribution in [1.82, 2.24) is 9.97 Å². The van der Waals surface area contributed by atoms with Crippen molar-refractivity contribution in [2.75, 3.05) is 17.2 Å². The van der Waals surface area contributed by atoms with Crippen LogP contribution >= 0.6 is 28.1 Å². The Morgan fingerprint density at radius 3 is 2.75 bits per heavy atom. The van der Waals surface area contributed by atoms with E-state index in [4.69, 9.17) is 0 Å². The molecule has 0 radical (unpaired) electrons. The topological polar surface area (TPSA) is 70.1 Å². The molecule has 8 heteroatoms. The van der Waals surface area contributed by atoms with E-state index in [1.807, 2.05) is 26.8 Å². The Balaban J connectivity index is 2.25. The maximum absolute atomic E-state index is 12.8. The van der Waals surface area contributed by atoms with E-state index in [0.29, 0.717) is 21.1 Å². The highest BCUT2D eigenvalue weighted by molar-refractivity contribution is 9.10. The summed E-state index contributed by atoms with van der Waals surface area (Å²) < 4.78 is 13.5. The van der Waals surface area contributed by atoms with Crippen molar-refractivity contribution in [3.63, 3.8) is 0 Å². The SMILES string of the molecule is Cc1ccc(SF)cc1Nc1ncc(Br)c(NC(CO)C(C)C)n1. The first-order valence-corrected chi connectivity index (χ1v) is 9.01. The van der Waals surface area contributed by atoms with Gasteiger partial charge in [0.1, 0.15) is 5.82 Å². The molecular weight excluding hydrogens is 395 g/mol. The first-order valence-electron chi connectivity index (χ1n) is 7.50. The molecule has 130 valence electrons. The molecule has 2 rings (SSSR count). The summed E-state index contributed by atoms with van der Waals surface area (Å²) in [4.78, 5) is 9.19. The minimum absolute atomic E-state index is 0.00570. The maximum Gasteiger partial charge on any atom is 0.229 e. The molecule has 0 amide bonds. The van der Waals surface area contributed by atoms with Gasteiger partial charge in [-0.15, -0.1) is 0 Å². The van der Waals surface area contributed by atoms with Gasteiger partial charge in [0.15, 0.2) is 0 Å². The molecule has 0 aliphatic rings. The second-order valence-corrected chi connectivity index (χ2v) is 7.23. The van der Waals surface area contributed by atoms with Crippen LogP contribution in [0.5, 0.6) is 0 Å². The zero-order valence-corrected chi connectivity index (χ0v) is 16.1. The number of hydrogen-bond donors (Lipinski definition) is 3. The Hall–Kier alpha value is -1.38. The molecule has 0 aliphatic carbocycles. The number of halogens is 2. The van der Waals surface area contributed by atoms with Gasteiger partial charge in [0.25, 0.3) is 0 Å². The van der Waals surface area contributed by atoms with E-state index in [-0.39, 0.29) is 30.7 Å². The second kappa shape index (κ2) is 8.64. The molecule has 1 aromatic carbocycles. The van der Waals surface area contributed by atoms with Crippen LogP contribution < -0.4 is 10.6 Å². The predicted octanol–water partition coefficient (Wildman–Crippen LogP) is 4.70. The Bertz CT molecular complexity index is 702. The van der Waals surface area contributed by atoms with Crippen LogP contribution in [-0.4, -0.2) is 27.7 Å². The molecule has 1 atom stereocenters. The fraction of sp³-hybridized carbons (Fsp3) is 0.375. The van der Waals surface area contributed by atoms with Gasteiger partial charge in [0.05, 0.1) is 29.3 Å². The van der Waals surface area contributed by atoms with Crippen LogP contribution in [0.4, 0.5) is 21.3 Å². The number of aryl methyl sites for hydroxylation is 1. The van der Waals surface area contributed by atoms with E-state index in [2.05, 4.69) is 36.5 Å². The molecule has 3 N–H and O–H groups in total. The van der Waals surface area contributed by atoms with Gasteiger partial charge in [-0.1, -0.05) is 19.9 Å². The van der Waals surface area contributed by atoms with E-state index < -0.39 is 0 Å². The van der Waals surface area contributed by atoms with Crippen molar-refractivity contribution < 1.29 is 8.99 Å². The molecule has 1 aromatic heterocycles. The maximum atomic E-state index is 12.8. The molecule has 0 bridgehead atoms. The van der Waals surface area contributed by atoms with Gasteiger partial charge in [-0.05, 0) is 46.5 Å². The zero-order chi connectivity index (χ0) is 17.7. The van der Waals surface area contributed by atoms with Gasteiger partial charge >= 0.3 is 0 Å². The van der Waals surface area contributed by atoms with E-state index in [0.717, 1.165) is 11.3 Å². The summed E-state index contributed by atoms with van der Waals surface area (Å²) in [5.74, 6) is 1.23. The summed E-state index contributed by atoms with van der Waals surface area (Å²) in [7, 11) is 0. The highest BCUT2D eigenvalue weighted by Gasteiger charge is 2.15. The second-order valence-electron chi connectivity index (χ2n) is 5.75. The fourth-order valence-electron chi connectivity index (χ4n) is 2.03. The monoisotopic (exact) mass is 414 g/mol. The van der Waals surface area contributed by atoms with Crippen molar-refractivity contribution >= 4 is 45.5 Å². The van der Waals surface area contributed by atoms with Gasteiger partial charge in [-0.2, -0.15) is 8.87 Å². The van der Waals surface area contributed by atoms with Crippen molar-refractivity contribution in [2.24, 2.45) is 5.92 Å². The van der Waals surface area contributed by atoms with E-state index in [1.165, 1.54) is 0 Å². The summed E-state index contributed by atoms with van der Waals surface area (Å²) in [5, 5.41) is 15.8. The number of nitrogens with zero attached hydrogens (tertiary/aromatic N) is 2. The summed E-state index contributed by atoms with van der Waals surface area (Å²) in [6.07, 6.45) is 1.63. The van der Waals surface area contributed by atoms with Crippen LogP contribution in [0.15, 0.2) is 33.8 Å². The van der Waals surface area contributed by atoms with Gasteiger partial charge in [-0.3, -0.25) is 0 Å². The number of aliphatic hydroxyl groups is 1. The average Bonchev–Trinajstić information content (AvgIpc) is 2.56. The summed E-state index contributed by atoms with van der Waals surface area (Å²) in [6.45, 7) is 5.97. The highest BCUT2D eigenvalue weighted by Crippen LogP contribution is 2.28. The van der Waals surface area contributed by atoms with E-state index in [9.17, 15) is 8.99 Å². The number of hydrogen-bond acceptors (Lipinski definition) is 6. The third kappa shape index (κ3) is 4.81. The Morgan fingerprint density at radius 2 is 2.12 bits per heavy atom. The van der Waals surface area contributed by atoms with Gasteiger partial charge in [0, 0.05) is 16.8 Å². The Kier molecular flexibility index (Phi) is 6.82. The van der Waals surface area contributed by atoms with E-state index in [1.54, 1.807) is 18.3 Å². The molecule has 0 aliphatic heterocycles. The van der Waals surface area contributed by atoms with Gasteiger partial charge in [-0.25, -0.2) is 4.98 Å². The molecule has 0 saturated heterocycles. The van der Waals surface area contributed by atoms with Crippen LogP contribution in [0.1, 0.15) is 19.4 Å². The Morgan fingerprint density at radius 1 is 1.38 bits per heavy atom. The lowest BCUT2D eigenvalue weighted by molar-refractivity contribution is 0.249. The fourth-order valence-corrected chi connectivity index (χ4v) is 2.62. The number of aromatic nitrogens is 2. The van der Waals surface area contributed by atoms with Crippen LogP contribution in [0.2, 0.25) is 0 Å². The Labute approximate surface area is 153 Å². The molecule has 1 heterocycles. The van der Waals surface area contributed by atoms with Crippen LogP contribution in [0.3, 0.4) is 0 Å². The minimum Gasteiger partial charge on any atom is -0.394 e. The number of aliphatic hydroxyl groups excluding tert-OH is 1. The normalized spacial score (nSPS) is 12.3. The highest BCUT2D eigenvalue weighted by atomic mass is 79.9. The summed E-state index contributed by atoms with van der Waals surface area (Å²) >= 11 is 3.60. The quantitative estimate of drug-likeness (QED) is 0.609. The molecule has 2 aromatic rings. The lowest BCUT2D eigenvalue weighted by Crippen LogP contribution is -2.30. The predicted molar refractivity (Wildman–Crippen MR) is 100 cm³/mol. The minimum atomic E-state index is -0.114. The lowest BCUT2D eigenvalue weighted by Gasteiger charge is -2.21. The van der Waals surface area contributed by atoms with Crippen LogP contribution in [0.25, 0.3) is 0 Å². The van der Waals surface area contributed by atoms with Crippen molar-refractivity contribution in [3.8, 4) is 0 Å². The van der Waals surface area contributed by atoms with Gasteiger partial charge in [0.2, 0.25) is 5.95 Å². The molecule has 0 fully saturated rings. The summed E-state index contributed by atoms with van der Waals surface area (Å²) in [5.41, 5.74) is 1.71. The molecular formula is C16H20BrFN4OS. The standard InChI is InChI=1S/C16H20BrFN4OS/c1-9(2)14(8-23)20-15-12(17)7-19-16(22-15)21-13-6-11(24-18)5-4-10(13)3/h4-7,9,14,23H,8H2,1-3H3,(H2,19,20,21,22). The van der Waals surface area contributed by atoms with Crippen LogP contribution in [0, 0.1) is 12.8 Å². The molecule has 0 spiro atoms. The first kappa shape index (κ1) is 19.0. The molecule has 1 unspecified atom stereocenters. The lowest BCUT2D eigenvalue weighted by atomic mass is 10.1. The third-order valence-electron chi connectivity index (χ3n) is 3.61. The largest absolute Gasteiger partial charge is 0.394 e. The molecule has 0 saturated carbocycles. The smallest absolute Gasteiger partial charge is 0.229 e.